The van der Waals surface area contributed by atoms with E-state index in [4.69, 9.17) is 10.6 Å². The Balaban J connectivity index is 2.44. The summed E-state index contributed by atoms with van der Waals surface area (Å²) >= 11 is 0. The van der Waals surface area contributed by atoms with Crippen LogP contribution in [0.15, 0.2) is 0 Å². The van der Waals surface area contributed by atoms with Crippen LogP contribution in [0.1, 0.15) is 20.3 Å². The average molecular weight is 269 g/mol. The van der Waals surface area contributed by atoms with Crippen molar-refractivity contribution in [2.75, 3.05) is 44.0 Å². The quantitative estimate of drug-likeness (QED) is 0.334. The van der Waals surface area contributed by atoms with Gasteiger partial charge in [0.25, 0.3) is 0 Å². The van der Waals surface area contributed by atoms with Gasteiger partial charge in [-0.05, 0) is 26.1 Å². The molecule has 1 rings (SSSR count). The molecule has 108 valence electrons. The van der Waals surface area contributed by atoms with Gasteiger partial charge in [-0.15, -0.1) is 0 Å². The first-order valence-electron chi connectivity index (χ1n) is 6.46. The van der Waals surface area contributed by atoms with Crippen molar-refractivity contribution in [1.29, 1.82) is 0 Å². The SMILES string of the molecule is CCN(CC)CCCNc1nc(NN)nc(OC)n1. The Morgan fingerprint density at radius 1 is 1.16 bits per heavy atom. The van der Waals surface area contributed by atoms with Crippen LogP contribution in [-0.2, 0) is 0 Å². The topological polar surface area (TPSA) is 101 Å². The lowest BCUT2D eigenvalue weighted by atomic mass is 10.3. The molecular formula is C11H23N7O. The summed E-state index contributed by atoms with van der Waals surface area (Å²) in [5, 5.41) is 3.13. The van der Waals surface area contributed by atoms with Gasteiger partial charge >= 0.3 is 6.01 Å². The molecule has 1 heterocycles. The number of ether oxygens (including phenoxy) is 1. The number of anilines is 2. The molecule has 8 nitrogen and oxygen atoms in total. The molecule has 0 aliphatic rings. The number of nitrogens with two attached hydrogens (primary N) is 1. The average Bonchev–Trinajstić information content (AvgIpc) is 2.47. The molecule has 1 aromatic rings. The van der Waals surface area contributed by atoms with Crippen LogP contribution in [0.4, 0.5) is 11.9 Å². The van der Waals surface area contributed by atoms with E-state index in [0.29, 0.717) is 5.95 Å². The fraction of sp³-hybridized carbons (Fsp3) is 0.727. The van der Waals surface area contributed by atoms with Crippen molar-refractivity contribution in [1.82, 2.24) is 19.9 Å². The molecule has 0 saturated carbocycles. The van der Waals surface area contributed by atoms with E-state index < -0.39 is 0 Å². The van der Waals surface area contributed by atoms with Crippen molar-refractivity contribution in [2.45, 2.75) is 20.3 Å². The minimum atomic E-state index is 0.231. The second-order valence-corrected chi connectivity index (χ2v) is 3.92. The third-order valence-corrected chi connectivity index (χ3v) is 2.76. The first kappa shape index (κ1) is 15.4. The van der Waals surface area contributed by atoms with Gasteiger partial charge in [0, 0.05) is 6.54 Å². The van der Waals surface area contributed by atoms with Gasteiger partial charge in [0.2, 0.25) is 11.9 Å². The van der Waals surface area contributed by atoms with E-state index >= 15 is 0 Å². The molecule has 0 unspecified atom stereocenters. The van der Waals surface area contributed by atoms with E-state index in [1.54, 1.807) is 0 Å². The highest BCUT2D eigenvalue weighted by molar-refractivity contribution is 5.34. The van der Waals surface area contributed by atoms with Gasteiger partial charge in [-0.2, -0.15) is 15.0 Å². The number of rotatable bonds is 9. The van der Waals surface area contributed by atoms with Gasteiger partial charge in [-0.3, -0.25) is 5.43 Å². The molecule has 0 bridgehead atoms. The highest BCUT2D eigenvalue weighted by atomic mass is 16.5. The molecule has 0 atom stereocenters. The van der Waals surface area contributed by atoms with Crippen LogP contribution in [-0.4, -0.2) is 53.1 Å². The van der Waals surface area contributed by atoms with E-state index in [1.165, 1.54) is 7.11 Å². The van der Waals surface area contributed by atoms with Crippen LogP contribution in [0.25, 0.3) is 0 Å². The summed E-state index contributed by atoms with van der Waals surface area (Å²) < 4.78 is 4.97. The summed E-state index contributed by atoms with van der Waals surface area (Å²) in [6.07, 6.45) is 1.01. The minimum Gasteiger partial charge on any atom is -0.467 e. The minimum absolute atomic E-state index is 0.231. The summed E-state index contributed by atoms with van der Waals surface area (Å²) in [7, 11) is 1.50. The lowest BCUT2D eigenvalue weighted by Crippen LogP contribution is -2.25. The van der Waals surface area contributed by atoms with Gasteiger partial charge < -0.3 is 15.0 Å². The molecular weight excluding hydrogens is 246 g/mol. The molecule has 4 N–H and O–H groups in total. The van der Waals surface area contributed by atoms with Gasteiger partial charge in [0.15, 0.2) is 0 Å². The van der Waals surface area contributed by atoms with Crippen molar-refractivity contribution in [2.24, 2.45) is 5.84 Å². The number of nitrogens with zero attached hydrogens (tertiary/aromatic N) is 4. The molecule has 1 aromatic heterocycles. The van der Waals surface area contributed by atoms with E-state index in [1.807, 2.05) is 0 Å². The molecule has 19 heavy (non-hydrogen) atoms. The Hall–Kier alpha value is -1.67. The number of hydrogen-bond acceptors (Lipinski definition) is 8. The van der Waals surface area contributed by atoms with Crippen LogP contribution in [0.2, 0.25) is 0 Å². The zero-order valence-corrected chi connectivity index (χ0v) is 11.8. The first-order valence-corrected chi connectivity index (χ1v) is 6.46. The number of aromatic nitrogens is 3. The monoisotopic (exact) mass is 269 g/mol. The predicted octanol–water partition coefficient (Wildman–Crippen LogP) is 0.310. The molecule has 0 spiro atoms. The summed E-state index contributed by atoms with van der Waals surface area (Å²) in [5.74, 6) is 6.01. The highest BCUT2D eigenvalue weighted by Gasteiger charge is 2.05. The van der Waals surface area contributed by atoms with Gasteiger partial charge in [-0.1, -0.05) is 13.8 Å². The third kappa shape index (κ3) is 5.23. The second-order valence-electron chi connectivity index (χ2n) is 3.92. The standard InChI is InChI=1S/C11H23N7O/c1-4-18(5-2)8-6-7-13-9-14-10(17-12)16-11(15-9)19-3/h4-8,12H2,1-3H3,(H2,13,14,15,16,17). The van der Waals surface area contributed by atoms with E-state index in [-0.39, 0.29) is 12.0 Å². The van der Waals surface area contributed by atoms with Gasteiger partial charge in [-0.25, -0.2) is 5.84 Å². The van der Waals surface area contributed by atoms with Crippen LogP contribution < -0.4 is 21.3 Å². The summed E-state index contributed by atoms with van der Waals surface area (Å²) in [6, 6.07) is 0.231. The van der Waals surface area contributed by atoms with Gasteiger partial charge in [0.1, 0.15) is 0 Å². The summed E-state index contributed by atoms with van der Waals surface area (Å²) in [6.45, 7) is 8.28. The molecule has 0 radical (unpaired) electrons. The molecule has 0 aliphatic carbocycles. The number of hydrazine groups is 1. The maximum Gasteiger partial charge on any atom is 0.322 e. The molecule has 8 heteroatoms. The first-order chi connectivity index (χ1) is 9.23. The molecule has 0 saturated heterocycles. The Bertz CT molecular complexity index is 348. The third-order valence-electron chi connectivity index (χ3n) is 2.76. The maximum absolute atomic E-state index is 5.28. The smallest absolute Gasteiger partial charge is 0.322 e. The highest BCUT2D eigenvalue weighted by Crippen LogP contribution is 2.09. The maximum atomic E-state index is 5.28. The van der Waals surface area contributed by atoms with Gasteiger partial charge in [0.05, 0.1) is 7.11 Å². The van der Waals surface area contributed by atoms with Crippen LogP contribution in [0, 0.1) is 0 Å². The number of nitrogen functional groups attached to an aromatic ring is 1. The second kappa shape index (κ2) is 8.44. The summed E-state index contributed by atoms with van der Waals surface area (Å²) in [5.41, 5.74) is 2.38. The molecule has 0 amide bonds. The fourth-order valence-corrected chi connectivity index (χ4v) is 1.63. The number of hydrogen-bond donors (Lipinski definition) is 3. The lowest BCUT2D eigenvalue weighted by Gasteiger charge is -2.17. The fourth-order valence-electron chi connectivity index (χ4n) is 1.63. The Labute approximate surface area is 113 Å². The lowest BCUT2D eigenvalue weighted by molar-refractivity contribution is 0.303. The van der Waals surface area contributed by atoms with Crippen LogP contribution in [0.3, 0.4) is 0 Å². The molecule has 0 aromatic carbocycles. The van der Waals surface area contributed by atoms with E-state index in [0.717, 1.165) is 32.6 Å². The number of nitrogens with one attached hydrogen (secondary N) is 2. The van der Waals surface area contributed by atoms with Crippen molar-refractivity contribution in [3.8, 4) is 6.01 Å². The molecule has 0 aliphatic heterocycles. The van der Waals surface area contributed by atoms with E-state index in [9.17, 15) is 0 Å². The Kier molecular flexibility index (Phi) is 6.83. The number of methoxy groups -OCH3 is 1. The Morgan fingerprint density at radius 2 is 1.84 bits per heavy atom. The normalized spacial score (nSPS) is 10.6. The Morgan fingerprint density at radius 3 is 2.42 bits per heavy atom. The van der Waals surface area contributed by atoms with Crippen LogP contribution >= 0.6 is 0 Å². The summed E-state index contributed by atoms with van der Waals surface area (Å²) in [4.78, 5) is 14.5. The van der Waals surface area contributed by atoms with Crippen molar-refractivity contribution in [3.05, 3.63) is 0 Å². The largest absolute Gasteiger partial charge is 0.467 e. The van der Waals surface area contributed by atoms with Crippen molar-refractivity contribution >= 4 is 11.9 Å². The van der Waals surface area contributed by atoms with Crippen molar-refractivity contribution in [3.63, 3.8) is 0 Å². The molecule has 0 fully saturated rings. The van der Waals surface area contributed by atoms with Crippen LogP contribution in [0.5, 0.6) is 6.01 Å². The zero-order valence-electron chi connectivity index (χ0n) is 11.8. The van der Waals surface area contributed by atoms with E-state index in [2.05, 4.69) is 44.4 Å². The predicted molar refractivity (Wildman–Crippen MR) is 75.1 cm³/mol. The van der Waals surface area contributed by atoms with Crippen molar-refractivity contribution < 1.29 is 4.74 Å². The zero-order chi connectivity index (χ0) is 14.1.